The number of rotatable bonds is 4. The van der Waals surface area contributed by atoms with Crippen molar-refractivity contribution in [3.8, 4) is 0 Å². The van der Waals surface area contributed by atoms with E-state index in [-0.39, 0.29) is 10.3 Å². The van der Waals surface area contributed by atoms with E-state index in [2.05, 4.69) is 9.97 Å². The lowest BCUT2D eigenvalue weighted by Gasteiger charge is -2.20. The van der Waals surface area contributed by atoms with Crippen LogP contribution in [-0.2, 0) is 11.2 Å². The van der Waals surface area contributed by atoms with Crippen LogP contribution in [0.5, 0.6) is 0 Å². The standard InChI is InChI=1S/C11H16N2O2S/c1-5-8-7(9(14)15)6-12-10(13-8)11(2,3)16-4/h6H,5H2,1-4H3,(H,14,15). The fourth-order valence-corrected chi connectivity index (χ4v) is 1.53. The molecule has 0 fully saturated rings. The van der Waals surface area contributed by atoms with E-state index < -0.39 is 5.97 Å². The fourth-order valence-electron chi connectivity index (χ4n) is 1.25. The first-order valence-corrected chi connectivity index (χ1v) is 6.29. The molecule has 0 amide bonds. The van der Waals surface area contributed by atoms with Crippen LogP contribution in [-0.4, -0.2) is 27.3 Å². The lowest BCUT2D eigenvalue weighted by atomic mass is 10.1. The molecule has 1 aromatic rings. The van der Waals surface area contributed by atoms with Crippen molar-refractivity contribution in [2.75, 3.05) is 6.26 Å². The van der Waals surface area contributed by atoms with E-state index >= 15 is 0 Å². The molecule has 0 aromatic carbocycles. The monoisotopic (exact) mass is 240 g/mol. The second kappa shape index (κ2) is 4.82. The van der Waals surface area contributed by atoms with Crippen LogP contribution in [0.1, 0.15) is 42.6 Å². The molecule has 0 spiro atoms. The number of aromatic nitrogens is 2. The van der Waals surface area contributed by atoms with Crippen molar-refractivity contribution in [1.29, 1.82) is 0 Å². The number of hydrogen-bond acceptors (Lipinski definition) is 4. The summed E-state index contributed by atoms with van der Waals surface area (Å²) in [5.41, 5.74) is 0.794. The third kappa shape index (κ3) is 2.52. The van der Waals surface area contributed by atoms with Gasteiger partial charge in [0.15, 0.2) is 0 Å². The van der Waals surface area contributed by atoms with Gasteiger partial charge in [-0.2, -0.15) is 11.8 Å². The van der Waals surface area contributed by atoms with Gasteiger partial charge in [-0.25, -0.2) is 14.8 Å². The predicted molar refractivity (Wildman–Crippen MR) is 64.9 cm³/mol. The zero-order chi connectivity index (χ0) is 12.3. The fraction of sp³-hybridized carbons (Fsp3) is 0.545. The van der Waals surface area contributed by atoms with Gasteiger partial charge in [-0.15, -0.1) is 0 Å². The van der Waals surface area contributed by atoms with Crippen LogP contribution in [0.2, 0.25) is 0 Å². The highest BCUT2D eigenvalue weighted by atomic mass is 32.2. The van der Waals surface area contributed by atoms with Crippen LogP contribution < -0.4 is 0 Å². The van der Waals surface area contributed by atoms with Crippen molar-refractivity contribution in [3.05, 3.63) is 23.3 Å². The van der Waals surface area contributed by atoms with E-state index in [4.69, 9.17) is 5.11 Å². The van der Waals surface area contributed by atoms with E-state index in [1.54, 1.807) is 11.8 Å². The van der Waals surface area contributed by atoms with Crippen LogP contribution in [0.3, 0.4) is 0 Å². The maximum atomic E-state index is 10.9. The molecule has 0 saturated heterocycles. The van der Waals surface area contributed by atoms with Crippen LogP contribution in [0, 0.1) is 0 Å². The van der Waals surface area contributed by atoms with Crippen LogP contribution >= 0.6 is 11.8 Å². The molecule has 0 aliphatic carbocycles. The minimum absolute atomic E-state index is 0.193. The lowest BCUT2D eigenvalue weighted by Crippen LogP contribution is -2.18. The quantitative estimate of drug-likeness (QED) is 0.875. The largest absolute Gasteiger partial charge is 0.478 e. The van der Waals surface area contributed by atoms with Crippen molar-refractivity contribution < 1.29 is 9.90 Å². The van der Waals surface area contributed by atoms with Gasteiger partial charge in [-0.05, 0) is 26.5 Å². The van der Waals surface area contributed by atoms with Gasteiger partial charge in [0.1, 0.15) is 5.82 Å². The van der Waals surface area contributed by atoms with E-state index in [0.717, 1.165) is 0 Å². The van der Waals surface area contributed by atoms with Crippen molar-refractivity contribution in [2.24, 2.45) is 0 Å². The molecule has 0 unspecified atom stereocenters. The molecule has 1 heterocycles. The van der Waals surface area contributed by atoms with Crippen molar-refractivity contribution in [2.45, 2.75) is 31.9 Å². The van der Waals surface area contributed by atoms with Gasteiger partial charge in [0.05, 0.1) is 16.0 Å². The topological polar surface area (TPSA) is 63.1 Å². The summed E-state index contributed by atoms with van der Waals surface area (Å²) in [6.45, 7) is 5.93. The summed E-state index contributed by atoms with van der Waals surface area (Å²) in [6, 6.07) is 0. The Kier molecular flexibility index (Phi) is 3.91. The first kappa shape index (κ1) is 13.0. The SMILES string of the molecule is CCc1nc(C(C)(C)SC)ncc1C(=O)O. The Morgan fingerprint density at radius 3 is 2.62 bits per heavy atom. The molecule has 88 valence electrons. The van der Waals surface area contributed by atoms with Gasteiger partial charge in [0.2, 0.25) is 0 Å². The molecular formula is C11H16N2O2S. The smallest absolute Gasteiger partial charge is 0.339 e. The summed E-state index contributed by atoms with van der Waals surface area (Å²) in [4.78, 5) is 19.4. The average Bonchev–Trinajstić information content (AvgIpc) is 2.27. The van der Waals surface area contributed by atoms with Gasteiger partial charge in [-0.1, -0.05) is 6.92 Å². The number of thioether (sulfide) groups is 1. The first-order chi connectivity index (χ1) is 7.42. The third-order valence-corrected chi connectivity index (χ3v) is 3.69. The molecule has 0 bridgehead atoms. The zero-order valence-electron chi connectivity index (χ0n) is 9.94. The van der Waals surface area contributed by atoms with Gasteiger partial charge >= 0.3 is 5.97 Å². The second-order valence-corrected chi connectivity index (χ2v) is 5.36. The van der Waals surface area contributed by atoms with Crippen molar-refractivity contribution in [3.63, 3.8) is 0 Å². The molecule has 16 heavy (non-hydrogen) atoms. The van der Waals surface area contributed by atoms with Gasteiger partial charge in [0, 0.05) is 6.20 Å². The highest BCUT2D eigenvalue weighted by Crippen LogP contribution is 2.31. The number of nitrogens with zero attached hydrogens (tertiary/aromatic N) is 2. The molecule has 1 aromatic heterocycles. The summed E-state index contributed by atoms with van der Waals surface area (Å²) < 4.78 is -0.193. The highest BCUT2D eigenvalue weighted by Gasteiger charge is 2.24. The highest BCUT2D eigenvalue weighted by molar-refractivity contribution is 7.99. The number of carbonyl (C=O) groups is 1. The molecule has 0 aliphatic rings. The summed E-state index contributed by atoms with van der Waals surface area (Å²) >= 11 is 1.64. The Balaban J connectivity index is 3.24. The molecule has 1 N–H and O–H groups in total. The zero-order valence-corrected chi connectivity index (χ0v) is 10.8. The van der Waals surface area contributed by atoms with Gasteiger partial charge in [0.25, 0.3) is 0 Å². The third-order valence-electron chi connectivity index (χ3n) is 2.48. The summed E-state index contributed by atoms with van der Waals surface area (Å²) in [5, 5.41) is 8.96. The number of aryl methyl sites for hydroxylation is 1. The lowest BCUT2D eigenvalue weighted by molar-refractivity contribution is 0.0694. The Morgan fingerprint density at radius 1 is 1.56 bits per heavy atom. The molecule has 1 rings (SSSR count). The molecular weight excluding hydrogens is 224 g/mol. The first-order valence-electron chi connectivity index (χ1n) is 5.07. The van der Waals surface area contributed by atoms with Crippen LogP contribution in [0.4, 0.5) is 0 Å². The van der Waals surface area contributed by atoms with E-state index in [0.29, 0.717) is 17.9 Å². The van der Waals surface area contributed by atoms with E-state index in [1.165, 1.54) is 6.20 Å². The number of hydrogen-bond donors (Lipinski definition) is 1. The second-order valence-electron chi connectivity index (χ2n) is 3.93. The molecule has 5 heteroatoms. The predicted octanol–water partition coefficient (Wildman–Crippen LogP) is 2.34. The average molecular weight is 240 g/mol. The molecule has 0 atom stereocenters. The molecule has 4 nitrogen and oxygen atoms in total. The summed E-state index contributed by atoms with van der Waals surface area (Å²) in [7, 11) is 0. The van der Waals surface area contributed by atoms with Crippen molar-refractivity contribution >= 4 is 17.7 Å². The Bertz CT molecular complexity index is 405. The van der Waals surface area contributed by atoms with Crippen LogP contribution in [0.15, 0.2) is 6.20 Å². The van der Waals surface area contributed by atoms with Crippen molar-refractivity contribution in [1.82, 2.24) is 9.97 Å². The Hall–Kier alpha value is -1.10. The minimum atomic E-state index is -0.967. The number of carboxylic acid groups (broad SMARTS) is 1. The Morgan fingerprint density at radius 2 is 2.19 bits per heavy atom. The normalized spacial score (nSPS) is 11.5. The maximum Gasteiger partial charge on any atom is 0.339 e. The number of carboxylic acids is 1. The van der Waals surface area contributed by atoms with E-state index in [1.807, 2.05) is 27.0 Å². The van der Waals surface area contributed by atoms with Crippen LogP contribution in [0.25, 0.3) is 0 Å². The molecule has 0 aliphatic heterocycles. The summed E-state index contributed by atoms with van der Waals surface area (Å²) in [5.74, 6) is -0.285. The van der Waals surface area contributed by atoms with Gasteiger partial charge < -0.3 is 5.11 Å². The number of aromatic carboxylic acids is 1. The summed E-state index contributed by atoms with van der Waals surface area (Å²) in [6.07, 6.45) is 3.99. The minimum Gasteiger partial charge on any atom is -0.478 e. The van der Waals surface area contributed by atoms with E-state index in [9.17, 15) is 4.79 Å². The van der Waals surface area contributed by atoms with Gasteiger partial charge in [-0.3, -0.25) is 0 Å². The molecule has 0 radical (unpaired) electrons. The maximum absolute atomic E-state index is 10.9. The Labute approximate surface area is 99.5 Å². The molecule has 0 saturated carbocycles.